The molecule has 0 aromatic heterocycles. The lowest BCUT2D eigenvalue weighted by molar-refractivity contribution is 0.0734. The molecule has 2 nitrogen and oxygen atoms in total. The molecule has 1 aliphatic rings. The topological polar surface area (TPSA) is 26.3 Å². The Morgan fingerprint density at radius 3 is 2.31 bits per heavy atom. The smallest absolute Gasteiger partial charge is 0.343 e. The summed E-state index contributed by atoms with van der Waals surface area (Å²) in [6.07, 6.45) is 14.3. The third-order valence-electron chi connectivity index (χ3n) is 6.11. The molecule has 0 aliphatic heterocycles. The summed E-state index contributed by atoms with van der Waals surface area (Å²) in [5.74, 6) is 1.83. The molecule has 0 atom stereocenters. The number of hydrogen-bond acceptors (Lipinski definition) is 2. The van der Waals surface area contributed by atoms with Gasteiger partial charge in [0.05, 0.1) is 5.56 Å². The highest BCUT2D eigenvalue weighted by atomic mass is 16.5. The maximum absolute atomic E-state index is 12.5. The summed E-state index contributed by atoms with van der Waals surface area (Å²) in [6, 6.07) is 15.9. The number of aryl methyl sites for hydroxylation is 1. The fourth-order valence-electron chi connectivity index (χ4n) is 4.35. The molecule has 154 valence electrons. The van der Waals surface area contributed by atoms with E-state index in [2.05, 4.69) is 38.1 Å². The standard InChI is InChI=1S/C27H34O2/c1-3-5-6-8-22-9-13-23(14-10-22)24-15-17-25(18-16-24)27(28)29-26-19-11-21(7-4-2)12-20-26/h3,5,11-12,15-20,22-23H,4,6-10,13-14H2,1-2H3/b5-3+. The highest BCUT2D eigenvalue weighted by Gasteiger charge is 2.22. The predicted octanol–water partition coefficient (Wildman–Crippen LogP) is 7.49. The van der Waals surface area contributed by atoms with Crippen LogP contribution in [0.15, 0.2) is 60.7 Å². The Kier molecular flexibility index (Phi) is 8.10. The van der Waals surface area contributed by atoms with Gasteiger partial charge in [-0.1, -0.05) is 49.8 Å². The zero-order chi connectivity index (χ0) is 20.5. The van der Waals surface area contributed by atoms with Crippen LogP contribution in [-0.4, -0.2) is 5.97 Å². The lowest BCUT2D eigenvalue weighted by atomic mass is 9.77. The Balaban J connectivity index is 1.51. The Bertz CT molecular complexity index is 778. The summed E-state index contributed by atoms with van der Waals surface area (Å²) in [7, 11) is 0. The first-order valence-corrected chi connectivity index (χ1v) is 11.2. The van der Waals surface area contributed by atoms with Crippen molar-refractivity contribution in [2.45, 2.75) is 71.1 Å². The van der Waals surface area contributed by atoms with Crippen LogP contribution < -0.4 is 4.74 Å². The lowest BCUT2D eigenvalue weighted by Gasteiger charge is -2.28. The van der Waals surface area contributed by atoms with E-state index in [0.29, 0.717) is 17.2 Å². The Morgan fingerprint density at radius 2 is 1.69 bits per heavy atom. The minimum Gasteiger partial charge on any atom is -0.423 e. The molecule has 3 rings (SSSR count). The van der Waals surface area contributed by atoms with Gasteiger partial charge in [0.1, 0.15) is 5.75 Å². The van der Waals surface area contributed by atoms with Crippen molar-refractivity contribution in [1.29, 1.82) is 0 Å². The average molecular weight is 391 g/mol. The summed E-state index contributed by atoms with van der Waals surface area (Å²) in [6.45, 7) is 4.26. The number of benzene rings is 2. The molecule has 0 bridgehead atoms. The van der Waals surface area contributed by atoms with Crippen molar-refractivity contribution in [1.82, 2.24) is 0 Å². The van der Waals surface area contributed by atoms with Crippen LogP contribution in [0.5, 0.6) is 5.75 Å². The molecule has 0 saturated heterocycles. The maximum Gasteiger partial charge on any atom is 0.343 e. The van der Waals surface area contributed by atoms with E-state index in [0.717, 1.165) is 18.8 Å². The number of carbonyl (C=O) groups excluding carboxylic acids is 1. The predicted molar refractivity (Wildman–Crippen MR) is 121 cm³/mol. The molecule has 2 aromatic carbocycles. The van der Waals surface area contributed by atoms with Crippen LogP contribution in [0.3, 0.4) is 0 Å². The first kappa shape index (κ1) is 21.4. The van der Waals surface area contributed by atoms with Gasteiger partial charge in [-0.2, -0.15) is 0 Å². The zero-order valence-electron chi connectivity index (χ0n) is 17.9. The minimum absolute atomic E-state index is 0.285. The fraction of sp³-hybridized carbons (Fsp3) is 0.444. The van der Waals surface area contributed by atoms with Crippen molar-refractivity contribution in [2.24, 2.45) is 5.92 Å². The number of ether oxygens (including phenoxy) is 1. The van der Waals surface area contributed by atoms with E-state index in [-0.39, 0.29) is 5.97 Å². The van der Waals surface area contributed by atoms with Crippen LogP contribution in [-0.2, 0) is 6.42 Å². The van der Waals surface area contributed by atoms with Crippen LogP contribution in [0.25, 0.3) is 0 Å². The molecule has 0 heterocycles. The van der Waals surface area contributed by atoms with Gasteiger partial charge in [-0.15, -0.1) is 0 Å². The molecule has 1 fully saturated rings. The van der Waals surface area contributed by atoms with E-state index in [4.69, 9.17) is 4.74 Å². The molecule has 0 radical (unpaired) electrons. The average Bonchev–Trinajstić information content (AvgIpc) is 2.76. The number of rotatable bonds is 8. The third kappa shape index (κ3) is 6.32. The minimum atomic E-state index is -0.285. The molecule has 0 N–H and O–H groups in total. The summed E-state index contributed by atoms with van der Waals surface area (Å²) >= 11 is 0. The van der Waals surface area contributed by atoms with Crippen molar-refractivity contribution in [2.75, 3.05) is 0 Å². The van der Waals surface area contributed by atoms with Crippen molar-refractivity contribution in [3.05, 3.63) is 77.4 Å². The van der Waals surface area contributed by atoms with E-state index in [1.807, 2.05) is 36.4 Å². The molecular formula is C27H34O2. The zero-order valence-corrected chi connectivity index (χ0v) is 17.9. The summed E-state index contributed by atoms with van der Waals surface area (Å²) < 4.78 is 5.54. The summed E-state index contributed by atoms with van der Waals surface area (Å²) in [5, 5.41) is 0. The fourth-order valence-corrected chi connectivity index (χ4v) is 4.35. The summed E-state index contributed by atoms with van der Waals surface area (Å²) in [5.41, 5.74) is 3.25. The third-order valence-corrected chi connectivity index (χ3v) is 6.11. The van der Waals surface area contributed by atoms with Crippen LogP contribution in [0, 0.1) is 5.92 Å². The van der Waals surface area contributed by atoms with Crippen LogP contribution in [0.1, 0.15) is 86.2 Å². The van der Waals surface area contributed by atoms with E-state index < -0.39 is 0 Å². The Labute approximate surface area is 176 Å². The van der Waals surface area contributed by atoms with Gasteiger partial charge < -0.3 is 4.74 Å². The van der Waals surface area contributed by atoms with Gasteiger partial charge in [0, 0.05) is 0 Å². The van der Waals surface area contributed by atoms with Gasteiger partial charge in [0.15, 0.2) is 0 Å². The lowest BCUT2D eigenvalue weighted by Crippen LogP contribution is -2.14. The number of esters is 1. The quantitative estimate of drug-likeness (QED) is 0.265. The molecule has 0 spiro atoms. The monoisotopic (exact) mass is 390 g/mol. The van der Waals surface area contributed by atoms with Gasteiger partial charge in [-0.25, -0.2) is 4.79 Å². The van der Waals surface area contributed by atoms with Crippen LogP contribution in [0.2, 0.25) is 0 Å². The van der Waals surface area contributed by atoms with E-state index in [9.17, 15) is 4.79 Å². The molecule has 0 amide bonds. The Hall–Kier alpha value is -2.35. The SMILES string of the molecule is C/C=C/CCC1CCC(c2ccc(C(=O)Oc3ccc(CCC)cc3)cc2)CC1. The van der Waals surface area contributed by atoms with E-state index in [1.54, 1.807) is 0 Å². The Morgan fingerprint density at radius 1 is 1.00 bits per heavy atom. The van der Waals surface area contributed by atoms with Gasteiger partial charge in [-0.3, -0.25) is 0 Å². The molecule has 29 heavy (non-hydrogen) atoms. The number of carbonyl (C=O) groups is 1. The maximum atomic E-state index is 12.5. The van der Waals surface area contributed by atoms with Gasteiger partial charge in [0.25, 0.3) is 0 Å². The largest absolute Gasteiger partial charge is 0.423 e. The van der Waals surface area contributed by atoms with Crippen molar-refractivity contribution in [3.8, 4) is 5.75 Å². The molecule has 1 saturated carbocycles. The number of hydrogen-bond donors (Lipinski definition) is 0. The van der Waals surface area contributed by atoms with Crippen molar-refractivity contribution < 1.29 is 9.53 Å². The molecule has 2 aromatic rings. The first-order chi connectivity index (χ1) is 14.2. The second-order valence-corrected chi connectivity index (χ2v) is 8.27. The van der Waals surface area contributed by atoms with Crippen LogP contribution in [0.4, 0.5) is 0 Å². The van der Waals surface area contributed by atoms with Crippen LogP contribution >= 0.6 is 0 Å². The van der Waals surface area contributed by atoms with Crippen molar-refractivity contribution >= 4 is 5.97 Å². The van der Waals surface area contributed by atoms with Gasteiger partial charge in [-0.05, 0) is 99.1 Å². The molecule has 1 aliphatic carbocycles. The second-order valence-electron chi connectivity index (χ2n) is 8.27. The van der Waals surface area contributed by atoms with E-state index in [1.165, 1.54) is 49.7 Å². The molecule has 2 heteroatoms. The molecule has 0 unspecified atom stereocenters. The highest BCUT2D eigenvalue weighted by molar-refractivity contribution is 5.91. The van der Waals surface area contributed by atoms with Crippen molar-refractivity contribution in [3.63, 3.8) is 0 Å². The normalized spacial score (nSPS) is 19.4. The number of allylic oxidation sites excluding steroid dienone is 2. The van der Waals surface area contributed by atoms with E-state index >= 15 is 0 Å². The second kappa shape index (κ2) is 11.0. The summed E-state index contributed by atoms with van der Waals surface area (Å²) in [4.78, 5) is 12.5. The van der Waals surface area contributed by atoms with Gasteiger partial charge >= 0.3 is 5.97 Å². The molecular weight excluding hydrogens is 356 g/mol. The van der Waals surface area contributed by atoms with Gasteiger partial charge in [0.2, 0.25) is 0 Å². The highest BCUT2D eigenvalue weighted by Crippen LogP contribution is 2.37. The first-order valence-electron chi connectivity index (χ1n) is 11.2.